The first kappa shape index (κ1) is 36.9. The molecule has 0 aliphatic carbocycles. The van der Waals surface area contributed by atoms with Crippen molar-refractivity contribution in [2.45, 2.75) is 123 Å². The maximum atomic E-state index is 12.1. The number of aromatic amines is 1. The van der Waals surface area contributed by atoms with Crippen LogP contribution in [0.5, 0.6) is 0 Å². The Kier molecular flexibility index (Phi) is 20.6. The Balaban J connectivity index is 1.42. The Morgan fingerprint density at radius 2 is 1.53 bits per heavy atom. The Hall–Kier alpha value is -2.31. The zero-order valence-corrected chi connectivity index (χ0v) is 27.8. The molecule has 2 aromatic rings. The maximum Gasteiger partial charge on any atom is 0.305 e. The number of unbranched alkanes of at least 4 members (excludes halogenated alkanes) is 13. The summed E-state index contributed by atoms with van der Waals surface area (Å²) in [5, 5.41) is 4.98. The summed E-state index contributed by atoms with van der Waals surface area (Å²) in [6.07, 6.45) is 24.8. The average Bonchev–Trinajstić information content (AvgIpc) is 2.99. The van der Waals surface area contributed by atoms with E-state index in [0.29, 0.717) is 18.1 Å². The molecule has 1 aromatic heterocycles. The van der Waals surface area contributed by atoms with Crippen LogP contribution in [-0.2, 0) is 9.53 Å². The van der Waals surface area contributed by atoms with E-state index in [1.807, 2.05) is 12.1 Å². The van der Waals surface area contributed by atoms with Gasteiger partial charge in [0.2, 0.25) is 5.56 Å². The summed E-state index contributed by atoms with van der Waals surface area (Å²) in [5.74, 6) is -0.0608. The highest BCUT2D eigenvalue weighted by Crippen LogP contribution is 2.23. The zero-order chi connectivity index (χ0) is 31.0. The van der Waals surface area contributed by atoms with Gasteiger partial charge < -0.3 is 19.9 Å². The van der Waals surface area contributed by atoms with Crippen molar-refractivity contribution in [2.24, 2.45) is 0 Å². The van der Waals surface area contributed by atoms with Crippen LogP contribution in [0.3, 0.4) is 0 Å². The van der Waals surface area contributed by atoms with E-state index in [0.717, 1.165) is 74.9 Å². The second kappa shape index (κ2) is 24.1. The lowest BCUT2D eigenvalue weighted by Gasteiger charge is -2.20. The molecule has 7 heteroatoms. The number of esters is 1. The van der Waals surface area contributed by atoms with Gasteiger partial charge in [0.25, 0.3) is 0 Å². The standard InChI is InChI=1S/C36H58ClN3O3/c1-3-5-6-7-8-9-10-11-12-13-14-15-16-17-19-22-36(42)43-28-27-40(4-2)26-21-18-20-25-38-33-30-35(41)39-34-29-31(37)23-24-32(33)34/h11-12,23-24,29-30H,3-10,13-22,25-28H2,1-2H3,(H2,38,39,41)/b12-11+. The average molecular weight is 616 g/mol. The van der Waals surface area contributed by atoms with E-state index >= 15 is 0 Å². The first-order valence-electron chi connectivity index (χ1n) is 17.1. The van der Waals surface area contributed by atoms with Gasteiger partial charge in [0.05, 0.1) is 5.52 Å². The molecule has 43 heavy (non-hydrogen) atoms. The van der Waals surface area contributed by atoms with E-state index in [1.165, 1.54) is 70.6 Å². The molecule has 0 amide bonds. The van der Waals surface area contributed by atoms with Gasteiger partial charge in [-0.1, -0.05) is 95.4 Å². The normalized spacial score (nSPS) is 11.6. The number of likely N-dealkylation sites (N-methyl/N-ethyl adjacent to an activating group) is 1. The highest BCUT2D eigenvalue weighted by atomic mass is 35.5. The Bertz CT molecular complexity index is 1100. The molecule has 2 rings (SSSR count). The fraction of sp³-hybridized carbons (Fsp3) is 0.667. The molecular formula is C36H58ClN3O3. The van der Waals surface area contributed by atoms with Crippen LogP contribution in [0.25, 0.3) is 10.9 Å². The number of rotatable bonds is 26. The smallest absolute Gasteiger partial charge is 0.305 e. The number of nitrogens with zero attached hydrogens (tertiary/aromatic N) is 1. The first-order valence-corrected chi connectivity index (χ1v) is 17.5. The van der Waals surface area contributed by atoms with Gasteiger partial charge in [-0.25, -0.2) is 0 Å². The minimum absolute atomic E-state index is 0.0608. The minimum atomic E-state index is -0.135. The van der Waals surface area contributed by atoms with Crippen LogP contribution in [-0.4, -0.2) is 48.6 Å². The molecule has 0 aliphatic heterocycles. The molecular weight excluding hydrogens is 558 g/mol. The number of pyridine rings is 1. The number of allylic oxidation sites excluding steroid dienone is 2. The van der Waals surface area contributed by atoms with E-state index in [4.69, 9.17) is 16.3 Å². The third-order valence-corrected chi connectivity index (χ3v) is 8.27. The fourth-order valence-corrected chi connectivity index (χ4v) is 5.54. The lowest BCUT2D eigenvalue weighted by molar-refractivity contribution is -0.144. The molecule has 1 heterocycles. The van der Waals surface area contributed by atoms with Gasteiger partial charge in [0.1, 0.15) is 6.61 Å². The molecule has 6 nitrogen and oxygen atoms in total. The van der Waals surface area contributed by atoms with Gasteiger partial charge in [-0.2, -0.15) is 0 Å². The number of carbonyl (C=O) groups excluding carboxylic acids is 1. The molecule has 242 valence electrons. The minimum Gasteiger partial charge on any atom is -0.464 e. The number of halogens is 1. The highest BCUT2D eigenvalue weighted by molar-refractivity contribution is 6.31. The molecule has 2 N–H and O–H groups in total. The van der Waals surface area contributed by atoms with Crippen molar-refractivity contribution < 1.29 is 9.53 Å². The van der Waals surface area contributed by atoms with Crippen LogP contribution in [0.15, 0.2) is 41.2 Å². The van der Waals surface area contributed by atoms with Crippen molar-refractivity contribution in [3.05, 3.63) is 51.8 Å². The SMILES string of the molecule is CCCCCCCC/C=C/CCCCCCCC(=O)OCCN(CC)CCCCCNc1cc(=O)[nH]c2cc(Cl)ccc12. The first-order chi connectivity index (χ1) is 21.0. The monoisotopic (exact) mass is 615 g/mol. The second-order valence-electron chi connectivity index (χ2n) is 11.7. The van der Waals surface area contributed by atoms with Gasteiger partial charge in [-0.15, -0.1) is 0 Å². The number of hydrogen-bond donors (Lipinski definition) is 2. The van der Waals surface area contributed by atoms with Crippen LogP contribution in [0.1, 0.15) is 123 Å². The number of ether oxygens (including phenoxy) is 1. The number of H-pyrrole nitrogens is 1. The summed E-state index contributed by atoms with van der Waals surface area (Å²) in [6, 6.07) is 7.15. The number of anilines is 1. The third kappa shape index (κ3) is 17.5. The van der Waals surface area contributed by atoms with Crippen molar-refractivity contribution >= 4 is 34.2 Å². The number of aromatic nitrogens is 1. The van der Waals surface area contributed by atoms with Crippen molar-refractivity contribution in [3.8, 4) is 0 Å². The van der Waals surface area contributed by atoms with E-state index in [2.05, 4.69) is 41.2 Å². The zero-order valence-electron chi connectivity index (χ0n) is 27.1. The molecule has 0 saturated heterocycles. The molecule has 0 fully saturated rings. The Morgan fingerprint density at radius 3 is 2.26 bits per heavy atom. The van der Waals surface area contributed by atoms with E-state index in [-0.39, 0.29) is 11.5 Å². The van der Waals surface area contributed by atoms with E-state index in [1.54, 1.807) is 12.1 Å². The number of hydrogen-bond acceptors (Lipinski definition) is 5. The van der Waals surface area contributed by atoms with E-state index in [9.17, 15) is 9.59 Å². The summed E-state index contributed by atoms with van der Waals surface area (Å²) in [6.45, 7) is 8.43. The molecule has 0 aliphatic rings. The number of benzene rings is 1. The van der Waals surface area contributed by atoms with Gasteiger partial charge in [-0.05, 0) is 76.2 Å². The molecule has 0 atom stereocenters. The molecule has 0 bridgehead atoms. The molecule has 0 radical (unpaired) electrons. The highest BCUT2D eigenvalue weighted by Gasteiger charge is 2.07. The molecule has 0 saturated carbocycles. The Morgan fingerprint density at radius 1 is 0.860 bits per heavy atom. The third-order valence-electron chi connectivity index (χ3n) is 8.03. The van der Waals surface area contributed by atoms with Crippen molar-refractivity contribution in [3.63, 3.8) is 0 Å². The van der Waals surface area contributed by atoms with Crippen molar-refractivity contribution in [2.75, 3.05) is 38.1 Å². The molecule has 0 unspecified atom stereocenters. The molecule has 0 spiro atoms. The van der Waals surface area contributed by atoms with Crippen LogP contribution < -0.4 is 10.9 Å². The van der Waals surface area contributed by atoms with Crippen LogP contribution in [0, 0.1) is 0 Å². The quantitative estimate of drug-likeness (QED) is 0.0626. The van der Waals surface area contributed by atoms with Gasteiger partial charge in [-0.3, -0.25) is 9.59 Å². The van der Waals surface area contributed by atoms with Gasteiger partial charge in [0.15, 0.2) is 0 Å². The summed E-state index contributed by atoms with van der Waals surface area (Å²) in [5.41, 5.74) is 1.45. The van der Waals surface area contributed by atoms with Crippen molar-refractivity contribution in [1.82, 2.24) is 9.88 Å². The summed E-state index contributed by atoms with van der Waals surface area (Å²) >= 11 is 6.06. The summed E-state index contributed by atoms with van der Waals surface area (Å²) < 4.78 is 5.50. The number of fused-ring (bicyclic) bond motifs is 1. The number of nitrogens with one attached hydrogen (secondary N) is 2. The summed E-state index contributed by atoms with van der Waals surface area (Å²) in [7, 11) is 0. The van der Waals surface area contributed by atoms with Crippen molar-refractivity contribution in [1.29, 1.82) is 0 Å². The lowest BCUT2D eigenvalue weighted by Crippen LogP contribution is -2.29. The number of carbonyl (C=O) groups is 1. The summed E-state index contributed by atoms with van der Waals surface area (Å²) in [4.78, 5) is 29.3. The second-order valence-corrected chi connectivity index (χ2v) is 12.2. The predicted molar refractivity (Wildman–Crippen MR) is 184 cm³/mol. The fourth-order valence-electron chi connectivity index (χ4n) is 5.37. The maximum absolute atomic E-state index is 12.1. The van der Waals surface area contributed by atoms with Crippen LogP contribution in [0.4, 0.5) is 5.69 Å². The van der Waals surface area contributed by atoms with Crippen LogP contribution >= 0.6 is 11.6 Å². The van der Waals surface area contributed by atoms with E-state index < -0.39 is 0 Å². The Labute approximate surface area is 266 Å². The van der Waals surface area contributed by atoms with Gasteiger partial charge in [0, 0.05) is 41.7 Å². The topological polar surface area (TPSA) is 74.4 Å². The molecule has 1 aromatic carbocycles. The lowest BCUT2D eigenvalue weighted by atomic mass is 10.1. The van der Waals surface area contributed by atoms with Crippen LogP contribution in [0.2, 0.25) is 5.02 Å². The largest absolute Gasteiger partial charge is 0.464 e. The van der Waals surface area contributed by atoms with Gasteiger partial charge >= 0.3 is 5.97 Å². The predicted octanol–water partition coefficient (Wildman–Crippen LogP) is 9.67.